The fourth-order valence-corrected chi connectivity index (χ4v) is 4.87. The first-order valence-electron chi connectivity index (χ1n) is 13.7. The van der Waals surface area contributed by atoms with Gasteiger partial charge in [-0.15, -0.1) is 0 Å². The minimum atomic E-state index is -0.537. The van der Waals surface area contributed by atoms with Crippen LogP contribution in [-0.4, -0.2) is 43.1 Å². The maximum absolute atomic E-state index is 12.7. The van der Waals surface area contributed by atoms with Gasteiger partial charge in [-0.1, -0.05) is 36.4 Å². The van der Waals surface area contributed by atoms with Gasteiger partial charge in [0.2, 0.25) is 0 Å². The summed E-state index contributed by atoms with van der Waals surface area (Å²) in [5.41, 5.74) is 4.34. The number of H-pyrrole nitrogens is 1. The van der Waals surface area contributed by atoms with Gasteiger partial charge in [0.25, 0.3) is 0 Å². The molecule has 9 heteroatoms. The van der Waals surface area contributed by atoms with Crippen LogP contribution in [0.1, 0.15) is 37.5 Å². The van der Waals surface area contributed by atoms with Gasteiger partial charge in [0, 0.05) is 38.2 Å². The van der Waals surface area contributed by atoms with Crippen LogP contribution in [0.4, 0.5) is 10.6 Å². The van der Waals surface area contributed by atoms with Crippen LogP contribution in [0.5, 0.6) is 11.5 Å². The van der Waals surface area contributed by atoms with E-state index in [4.69, 9.17) is 14.5 Å². The number of amides is 1. The average Bonchev–Trinajstić information content (AvgIpc) is 3.41. The molecule has 2 aromatic carbocycles. The molecule has 208 valence electrons. The van der Waals surface area contributed by atoms with Crippen molar-refractivity contribution in [3.8, 4) is 22.9 Å². The third-order valence-electron chi connectivity index (χ3n) is 6.82. The molecule has 0 aliphatic carbocycles. The minimum Gasteiger partial charge on any atom is -0.457 e. The standard InChI is InChI=1S/C32H32N6O3/c1-32(2,3)41-31(39)38-16-13-22-9-10-24(17-23(22)20-38)40-26-11-14-34-30-28(26)25(19-36-30)29-33-15-12-27(37-29)35-18-21-7-5-4-6-8-21/h4-12,14-15,17,19H,13,16,18,20H2,1-3H3,(H,34,36)(H,33,35,37). The normalized spacial score (nSPS) is 13.1. The number of carbonyl (C=O) groups excluding carboxylic acids is 1. The number of hydrogen-bond acceptors (Lipinski definition) is 7. The summed E-state index contributed by atoms with van der Waals surface area (Å²) in [6, 6.07) is 19.9. The first-order valence-corrected chi connectivity index (χ1v) is 13.7. The highest BCUT2D eigenvalue weighted by Crippen LogP contribution is 2.36. The Morgan fingerprint density at radius 2 is 1.85 bits per heavy atom. The lowest BCUT2D eigenvalue weighted by atomic mass is 10.00. The van der Waals surface area contributed by atoms with Gasteiger partial charge in [-0.3, -0.25) is 0 Å². The van der Waals surface area contributed by atoms with Crippen molar-refractivity contribution >= 4 is 22.9 Å². The van der Waals surface area contributed by atoms with E-state index >= 15 is 0 Å². The summed E-state index contributed by atoms with van der Waals surface area (Å²) < 4.78 is 12.0. The van der Waals surface area contributed by atoms with Crippen molar-refractivity contribution < 1.29 is 14.3 Å². The molecule has 1 aliphatic rings. The highest BCUT2D eigenvalue weighted by molar-refractivity contribution is 5.96. The molecule has 0 saturated heterocycles. The molecule has 0 atom stereocenters. The largest absolute Gasteiger partial charge is 0.457 e. The predicted octanol–water partition coefficient (Wildman–Crippen LogP) is 6.72. The van der Waals surface area contributed by atoms with E-state index in [-0.39, 0.29) is 6.09 Å². The maximum Gasteiger partial charge on any atom is 0.410 e. The number of pyridine rings is 1. The zero-order valence-electron chi connectivity index (χ0n) is 23.3. The van der Waals surface area contributed by atoms with Crippen LogP contribution < -0.4 is 10.1 Å². The number of aromatic amines is 1. The van der Waals surface area contributed by atoms with Crippen LogP contribution >= 0.6 is 0 Å². The molecule has 0 spiro atoms. The summed E-state index contributed by atoms with van der Waals surface area (Å²) in [5, 5.41) is 4.17. The molecule has 0 unspecified atom stereocenters. The van der Waals surface area contributed by atoms with E-state index in [0.717, 1.165) is 28.8 Å². The lowest BCUT2D eigenvalue weighted by Gasteiger charge is -2.31. The van der Waals surface area contributed by atoms with Gasteiger partial charge in [0.05, 0.1) is 10.9 Å². The van der Waals surface area contributed by atoms with Crippen LogP contribution in [0.25, 0.3) is 22.4 Å². The number of fused-ring (bicyclic) bond motifs is 2. The fraction of sp³-hybridized carbons (Fsp3) is 0.250. The van der Waals surface area contributed by atoms with Crippen molar-refractivity contribution in [1.82, 2.24) is 24.8 Å². The second kappa shape index (κ2) is 10.9. The summed E-state index contributed by atoms with van der Waals surface area (Å²) in [4.78, 5) is 31.4. The molecule has 41 heavy (non-hydrogen) atoms. The van der Waals surface area contributed by atoms with Crippen LogP contribution in [0.3, 0.4) is 0 Å². The van der Waals surface area contributed by atoms with Crippen molar-refractivity contribution in [3.05, 3.63) is 95.9 Å². The number of aromatic nitrogens is 4. The smallest absolute Gasteiger partial charge is 0.410 e. The molecule has 4 heterocycles. The van der Waals surface area contributed by atoms with E-state index in [0.29, 0.717) is 42.6 Å². The Bertz CT molecular complexity index is 1690. The number of nitrogens with one attached hydrogen (secondary N) is 2. The second-order valence-corrected chi connectivity index (χ2v) is 11.0. The Kier molecular flexibility index (Phi) is 7.01. The number of nitrogens with zero attached hydrogens (tertiary/aromatic N) is 4. The van der Waals surface area contributed by atoms with Gasteiger partial charge in [-0.2, -0.15) is 0 Å². The Morgan fingerprint density at radius 3 is 2.68 bits per heavy atom. The average molecular weight is 549 g/mol. The zero-order chi connectivity index (χ0) is 28.4. The fourth-order valence-electron chi connectivity index (χ4n) is 4.87. The number of anilines is 1. The van der Waals surface area contributed by atoms with E-state index in [1.807, 2.05) is 69.4 Å². The SMILES string of the molecule is CC(C)(C)OC(=O)N1CCc2ccc(Oc3ccnc4[nH]cc(-c5nccc(NCc6ccccc6)n5)c34)cc2C1. The summed E-state index contributed by atoms with van der Waals surface area (Å²) >= 11 is 0. The van der Waals surface area contributed by atoms with Crippen LogP contribution in [0.15, 0.2) is 79.3 Å². The maximum atomic E-state index is 12.7. The van der Waals surface area contributed by atoms with Gasteiger partial charge in [0.15, 0.2) is 5.82 Å². The first kappa shape index (κ1) is 26.3. The quantitative estimate of drug-likeness (QED) is 0.243. The van der Waals surface area contributed by atoms with Crippen molar-refractivity contribution in [2.45, 2.75) is 45.9 Å². The number of hydrogen-bond donors (Lipinski definition) is 2. The first-order chi connectivity index (χ1) is 19.8. The molecule has 9 nitrogen and oxygen atoms in total. The van der Waals surface area contributed by atoms with E-state index in [2.05, 4.69) is 38.5 Å². The molecular weight excluding hydrogens is 516 g/mol. The Labute approximate surface area is 238 Å². The highest BCUT2D eigenvalue weighted by atomic mass is 16.6. The monoisotopic (exact) mass is 548 g/mol. The lowest BCUT2D eigenvalue weighted by molar-refractivity contribution is 0.0224. The molecule has 0 fully saturated rings. The molecule has 5 aromatic rings. The van der Waals surface area contributed by atoms with E-state index in [1.54, 1.807) is 17.3 Å². The summed E-state index contributed by atoms with van der Waals surface area (Å²) in [5.74, 6) is 2.60. The van der Waals surface area contributed by atoms with Crippen molar-refractivity contribution in [2.24, 2.45) is 0 Å². The number of ether oxygens (including phenoxy) is 2. The van der Waals surface area contributed by atoms with Gasteiger partial charge >= 0.3 is 6.09 Å². The molecule has 0 bridgehead atoms. The Hall–Kier alpha value is -4.92. The number of carbonyl (C=O) groups is 1. The van der Waals surface area contributed by atoms with Crippen molar-refractivity contribution in [1.29, 1.82) is 0 Å². The molecular formula is C32H32N6O3. The molecule has 6 rings (SSSR count). The highest BCUT2D eigenvalue weighted by Gasteiger charge is 2.26. The van der Waals surface area contributed by atoms with Gasteiger partial charge in [-0.25, -0.2) is 19.7 Å². The molecule has 1 amide bonds. The Balaban J connectivity index is 1.24. The predicted molar refractivity (Wildman–Crippen MR) is 158 cm³/mol. The summed E-state index contributed by atoms with van der Waals surface area (Å²) in [6.07, 6.45) is 5.77. The van der Waals surface area contributed by atoms with E-state index in [9.17, 15) is 4.79 Å². The van der Waals surface area contributed by atoms with Crippen LogP contribution in [-0.2, 0) is 24.2 Å². The molecule has 0 saturated carbocycles. The molecule has 2 N–H and O–H groups in total. The number of benzene rings is 2. The zero-order valence-corrected chi connectivity index (χ0v) is 23.3. The molecule has 1 aliphatic heterocycles. The Morgan fingerprint density at radius 1 is 1.02 bits per heavy atom. The van der Waals surface area contributed by atoms with Gasteiger partial charge in [-0.05, 0) is 68.1 Å². The van der Waals surface area contributed by atoms with Crippen LogP contribution in [0.2, 0.25) is 0 Å². The van der Waals surface area contributed by atoms with Crippen LogP contribution in [0, 0.1) is 0 Å². The minimum absolute atomic E-state index is 0.303. The molecule has 0 radical (unpaired) electrons. The topological polar surface area (TPSA) is 105 Å². The summed E-state index contributed by atoms with van der Waals surface area (Å²) in [7, 11) is 0. The third-order valence-corrected chi connectivity index (χ3v) is 6.82. The van der Waals surface area contributed by atoms with E-state index < -0.39 is 5.60 Å². The van der Waals surface area contributed by atoms with Gasteiger partial charge < -0.3 is 24.7 Å². The summed E-state index contributed by atoms with van der Waals surface area (Å²) in [6.45, 7) is 7.38. The molecule has 3 aromatic heterocycles. The van der Waals surface area contributed by atoms with Crippen molar-refractivity contribution in [2.75, 3.05) is 11.9 Å². The number of rotatable bonds is 6. The van der Waals surface area contributed by atoms with Gasteiger partial charge in [0.1, 0.15) is 28.6 Å². The van der Waals surface area contributed by atoms with E-state index in [1.165, 1.54) is 11.1 Å². The third kappa shape index (κ3) is 5.99. The lowest BCUT2D eigenvalue weighted by Crippen LogP contribution is -2.39. The van der Waals surface area contributed by atoms with Crippen molar-refractivity contribution in [3.63, 3.8) is 0 Å². The second-order valence-electron chi connectivity index (χ2n) is 11.0.